The quantitative estimate of drug-likeness (QED) is 0.480. The SMILES string of the molecule is CCOC(=O)[C@@H](Cc1cccc(C(F)(F)F)c1)Sc1nc2ccccc2[nH]1. The molecule has 0 aliphatic rings. The molecule has 1 N–H and O–H groups in total. The monoisotopic (exact) mass is 394 g/mol. The Morgan fingerprint density at radius 1 is 1.22 bits per heavy atom. The Morgan fingerprint density at radius 3 is 2.70 bits per heavy atom. The van der Waals surface area contributed by atoms with Crippen molar-refractivity contribution in [2.45, 2.75) is 29.9 Å². The summed E-state index contributed by atoms with van der Waals surface area (Å²) >= 11 is 1.15. The van der Waals surface area contributed by atoms with Crippen LogP contribution in [0.5, 0.6) is 0 Å². The molecule has 8 heteroatoms. The molecule has 0 amide bonds. The van der Waals surface area contributed by atoms with Gasteiger partial charge < -0.3 is 9.72 Å². The van der Waals surface area contributed by atoms with Crippen LogP contribution < -0.4 is 0 Å². The number of esters is 1. The third-order valence-electron chi connectivity index (χ3n) is 3.85. The van der Waals surface area contributed by atoms with Crippen molar-refractivity contribution in [3.05, 3.63) is 59.7 Å². The van der Waals surface area contributed by atoms with Crippen molar-refractivity contribution in [3.8, 4) is 0 Å². The van der Waals surface area contributed by atoms with Crippen LogP contribution in [0.2, 0.25) is 0 Å². The first-order valence-corrected chi connectivity index (χ1v) is 9.19. The first-order chi connectivity index (χ1) is 12.9. The molecule has 0 spiro atoms. The number of imidazole rings is 1. The number of aromatic amines is 1. The third kappa shape index (κ3) is 4.82. The molecule has 0 fully saturated rings. The summed E-state index contributed by atoms with van der Waals surface area (Å²) in [6.45, 7) is 1.88. The molecular weight excluding hydrogens is 377 g/mol. The average molecular weight is 394 g/mol. The van der Waals surface area contributed by atoms with E-state index in [4.69, 9.17) is 4.74 Å². The standard InChI is InChI=1S/C19H17F3N2O2S/c1-2-26-17(25)16(11-12-6-5-7-13(10-12)19(20,21)22)27-18-23-14-8-3-4-9-15(14)24-18/h3-10,16H,2,11H2,1H3,(H,23,24)/t16-/m1/s1. The molecule has 0 aliphatic carbocycles. The van der Waals surface area contributed by atoms with Crippen molar-refractivity contribution < 1.29 is 22.7 Å². The predicted octanol–water partition coefficient (Wildman–Crippen LogP) is 4.85. The fourth-order valence-electron chi connectivity index (χ4n) is 2.62. The number of nitrogens with one attached hydrogen (secondary N) is 1. The van der Waals surface area contributed by atoms with Crippen LogP contribution in [0.15, 0.2) is 53.7 Å². The minimum absolute atomic E-state index is 0.102. The van der Waals surface area contributed by atoms with Gasteiger partial charge in [0.05, 0.1) is 23.2 Å². The number of ether oxygens (including phenoxy) is 1. The van der Waals surface area contributed by atoms with Gasteiger partial charge in [0, 0.05) is 0 Å². The van der Waals surface area contributed by atoms with Gasteiger partial charge in [0.15, 0.2) is 5.16 Å². The van der Waals surface area contributed by atoms with Gasteiger partial charge >= 0.3 is 12.1 Å². The molecule has 1 heterocycles. The van der Waals surface area contributed by atoms with Crippen molar-refractivity contribution >= 4 is 28.8 Å². The lowest BCUT2D eigenvalue weighted by Crippen LogP contribution is -2.23. The molecule has 3 aromatic rings. The molecule has 1 aromatic heterocycles. The zero-order valence-electron chi connectivity index (χ0n) is 14.4. The van der Waals surface area contributed by atoms with E-state index in [1.165, 1.54) is 6.07 Å². The number of alkyl halides is 3. The van der Waals surface area contributed by atoms with E-state index in [-0.39, 0.29) is 13.0 Å². The Hall–Kier alpha value is -2.48. The lowest BCUT2D eigenvalue weighted by Gasteiger charge is -2.15. The Balaban J connectivity index is 1.84. The number of benzene rings is 2. The number of hydrogen-bond acceptors (Lipinski definition) is 4. The molecule has 142 valence electrons. The van der Waals surface area contributed by atoms with Crippen LogP contribution in [-0.4, -0.2) is 27.8 Å². The largest absolute Gasteiger partial charge is 0.465 e. The predicted molar refractivity (Wildman–Crippen MR) is 97.5 cm³/mol. The number of carbonyl (C=O) groups is 1. The van der Waals surface area contributed by atoms with Gasteiger partial charge in [-0.25, -0.2) is 4.98 Å². The lowest BCUT2D eigenvalue weighted by atomic mass is 10.1. The number of para-hydroxylation sites is 2. The van der Waals surface area contributed by atoms with Crippen LogP contribution in [0.3, 0.4) is 0 Å². The normalized spacial score (nSPS) is 12.9. The van der Waals surface area contributed by atoms with Crippen LogP contribution in [0.1, 0.15) is 18.1 Å². The number of hydrogen-bond donors (Lipinski definition) is 1. The molecule has 4 nitrogen and oxygen atoms in total. The third-order valence-corrected chi connectivity index (χ3v) is 4.91. The summed E-state index contributed by atoms with van der Waals surface area (Å²) in [4.78, 5) is 19.9. The number of halogens is 3. The second-order valence-electron chi connectivity index (χ2n) is 5.82. The zero-order valence-corrected chi connectivity index (χ0v) is 15.2. The van der Waals surface area contributed by atoms with E-state index in [0.717, 1.165) is 34.9 Å². The highest BCUT2D eigenvalue weighted by Crippen LogP contribution is 2.31. The summed E-state index contributed by atoms with van der Waals surface area (Å²) in [7, 11) is 0. The summed E-state index contributed by atoms with van der Waals surface area (Å²) in [5, 5.41) is -0.199. The van der Waals surface area contributed by atoms with Gasteiger partial charge in [0.25, 0.3) is 0 Å². The summed E-state index contributed by atoms with van der Waals surface area (Å²) in [5.41, 5.74) is 1.24. The summed E-state index contributed by atoms with van der Waals surface area (Å²) in [5.74, 6) is -0.486. The van der Waals surface area contributed by atoms with E-state index >= 15 is 0 Å². The van der Waals surface area contributed by atoms with E-state index in [1.54, 1.807) is 13.0 Å². The number of nitrogens with zero attached hydrogens (tertiary/aromatic N) is 1. The first kappa shape index (κ1) is 19.3. The summed E-state index contributed by atoms with van der Waals surface area (Å²) < 4.78 is 43.9. The Morgan fingerprint density at radius 2 is 2.00 bits per heavy atom. The number of aromatic nitrogens is 2. The maximum absolute atomic E-state index is 12.9. The van der Waals surface area contributed by atoms with E-state index in [1.807, 2.05) is 24.3 Å². The minimum atomic E-state index is -4.43. The van der Waals surface area contributed by atoms with Gasteiger partial charge in [-0.1, -0.05) is 42.1 Å². The fourth-order valence-corrected chi connectivity index (χ4v) is 3.65. The lowest BCUT2D eigenvalue weighted by molar-refractivity contribution is -0.142. The average Bonchev–Trinajstić information content (AvgIpc) is 3.03. The first-order valence-electron chi connectivity index (χ1n) is 8.31. The number of H-pyrrole nitrogens is 1. The molecule has 3 rings (SSSR count). The van der Waals surface area contributed by atoms with Crippen molar-refractivity contribution in [2.24, 2.45) is 0 Å². The maximum atomic E-state index is 12.9. The highest BCUT2D eigenvalue weighted by atomic mass is 32.2. The molecular formula is C19H17F3N2O2S. The molecule has 0 aliphatic heterocycles. The van der Waals surface area contributed by atoms with Gasteiger partial charge in [0.2, 0.25) is 0 Å². The van der Waals surface area contributed by atoms with Gasteiger partial charge in [-0.05, 0) is 37.1 Å². The van der Waals surface area contributed by atoms with Gasteiger partial charge in [-0.15, -0.1) is 0 Å². The van der Waals surface area contributed by atoms with Crippen molar-refractivity contribution in [3.63, 3.8) is 0 Å². The smallest absolute Gasteiger partial charge is 0.416 e. The molecule has 2 aromatic carbocycles. The maximum Gasteiger partial charge on any atom is 0.416 e. The van der Waals surface area contributed by atoms with E-state index in [2.05, 4.69) is 9.97 Å². The number of thioether (sulfide) groups is 1. The van der Waals surface area contributed by atoms with Gasteiger partial charge in [-0.3, -0.25) is 4.79 Å². The topological polar surface area (TPSA) is 55.0 Å². The fraction of sp³-hybridized carbons (Fsp3) is 0.263. The Bertz CT molecular complexity index is 907. The molecule has 0 unspecified atom stereocenters. The van der Waals surface area contributed by atoms with Crippen LogP contribution >= 0.6 is 11.8 Å². The number of fused-ring (bicyclic) bond motifs is 1. The van der Waals surface area contributed by atoms with E-state index in [0.29, 0.717) is 10.7 Å². The van der Waals surface area contributed by atoms with Crippen LogP contribution in [0.25, 0.3) is 11.0 Å². The molecule has 1 atom stereocenters. The molecule has 0 radical (unpaired) electrons. The molecule has 0 saturated heterocycles. The molecule has 27 heavy (non-hydrogen) atoms. The van der Waals surface area contributed by atoms with Crippen LogP contribution in [0.4, 0.5) is 13.2 Å². The molecule has 0 bridgehead atoms. The second kappa shape index (κ2) is 8.04. The second-order valence-corrected chi connectivity index (χ2v) is 7.01. The van der Waals surface area contributed by atoms with Crippen molar-refractivity contribution in [1.82, 2.24) is 9.97 Å². The highest BCUT2D eigenvalue weighted by molar-refractivity contribution is 8.00. The zero-order chi connectivity index (χ0) is 19.4. The van der Waals surface area contributed by atoms with Crippen molar-refractivity contribution in [2.75, 3.05) is 6.61 Å². The van der Waals surface area contributed by atoms with E-state index < -0.39 is 23.0 Å². The number of rotatable bonds is 6. The van der Waals surface area contributed by atoms with E-state index in [9.17, 15) is 18.0 Å². The van der Waals surface area contributed by atoms with Gasteiger partial charge in [0.1, 0.15) is 5.25 Å². The van der Waals surface area contributed by atoms with Crippen LogP contribution in [-0.2, 0) is 22.1 Å². The van der Waals surface area contributed by atoms with Crippen molar-refractivity contribution in [1.29, 1.82) is 0 Å². The van der Waals surface area contributed by atoms with Crippen LogP contribution in [0, 0.1) is 0 Å². The number of carbonyl (C=O) groups excluding carboxylic acids is 1. The Labute approximate surface area is 158 Å². The molecule has 0 saturated carbocycles. The highest BCUT2D eigenvalue weighted by Gasteiger charge is 2.31. The summed E-state index contributed by atoms with van der Waals surface area (Å²) in [6, 6.07) is 12.4. The Kier molecular flexibility index (Phi) is 5.74. The minimum Gasteiger partial charge on any atom is -0.465 e. The summed E-state index contributed by atoms with van der Waals surface area (Å²) in [6.07, 6.45) is -4.33. The van der Waals surface area contributed by atoms with Gasteiger partial charge in [-0.2, -0.15) is 13.2 Å².